The zero-order chi connectivity index (χ0) is 9.40. The molecule has 0 saturated carbocycles. The summed E-state index contributed by atoms with van der Waals surface area (Å²) in [7, 11) is 1.35. The molecule has 0 spiro atoms. The van der Waals surface area contributed by atoms with Crippen LogP contribution in [0.15, 0.2) is 10.5 Å². The van der Waals surface area contributed by atoms with Crippen molar-refractivity contribution in [3.63, 3.8) is 0 Å². The third-order valence-electron chi connectivity index (χ3n) is 1.10. The number of hydrogen-bond donors (Lipinski definition) is 0. The quantitative estimate of drug-likeness (QED) is 0.256. The average molecular weight is 174 g/mol. The van der Waals surface area contributed by atoms with Gasteiger partial charge in [-0.05, 0) is 6.92 Å². The number of ketones is 1. The van der Waals surface area contributed by atoms with Gasteiger partial charge in [-0.1, -0.05) is 5.16 Å². The van der Waals surface area contributed by atoms with Gasteiger partial charge >= 0.3 is 0 Å². The van der Waals surface area contributed by atoms with Crippen molar-refractivity contribution in [2.24, 2.45) is 10.5 Å². The molecule has 0 aromatic rings. The van der Waals surface area contributed by atoms with Crippen LogP contribution in [0.25, 0.3) is 0 Å². The molecule has 0 aliphatic rings. The smallest absolute Gasteiger partial charge is 0.183 e. The predicted octanol–water partition coefficient (Wildman–Crippen LogP) is 0.666. The van der Waals surface area contributed by atoms with Gasteiger partial charge in [0.05, 0.1) is 0 Å². The first-order chi connectivity index (χ1) is 5.72. The van der Waals surface area contributed by atoms with Crippen molar-refractivity contribution < 1.29 is 14.5 Å². The fourth-order valence-corrected chi connectivity index (χ4v) is 0.544. The minimum Gasteiger partial charge on any atom is -0.399 e. The lowest BCUT2D eigenvalue weighted by molar-refractivity contribution is -0.114. The van der Waals surface area contributed by atoms with Crippen molar-refractivity contribution in [3.05, 3.63) is 4.91 Å². The molecule has 0 radical (unpaired) electrons. The van der Waals surface area contributed by atoms with Crippen molar-refractivity contribution in [3.8, 4) is 0 Å². The first-order valence-electron chi connectivity index (χ1n) is 3.28. The highest BCUT2D eigenvalue weighted by atomic mass is 16.7. The van der Waals surface area contributed by atoms with Gasteiger partial charge in [0.15, 0.2) is 11.1 Å². The molecule has 0 rings (SSSR count). The van der Waals surface area contributed by atoms with Crippen LogP contribution in [-0.4, -0.2) is 25.2 Å². The van der Waals surface area contributed by atoms with Crippen molar-refractivity contribution in [1.82, 2.24) is 0 Å². The Bertz CT molecular complexity index is 190. The molecular weight excluding hydrogens is 164 g/mol. The monoisotopic (exact) mass is 174 g/mol. The molecule has 0 atom stereocenters. The van der Waals surface area contributed by atoms with E-state index in [4.69, 9.17) is 0 Å². The highest BCUT2D eigenvalue weighted by Gasteiger charge is 2.06. The van der Waals surface area contributed by atoms with E-state index >= 15 is 0 Å². The zero-order valence-electron chi connectivity index (χ0n) is 6.94. The van der Waals surface area contributed by atoms with Gasteiger partial charge in [0.1, 0.15) is 19.4 Å². The van der Waals surface area contributed by atoms with Crippen molar-refractivity contribution >= 4 is 11.5 Å². The number of hydrogen-bond acceptors (Lipinski definition) is 6. The van der Waals surface area contributed by atoms with Crippen molar-refractivity contribution in [2.45, 2.75) is 13.3 Å². The normalized spacial score (nSPS) is 10.7. The highest BCUT2D eigenvalue weighted by molar-refractivity contribution is 6.38. The summed E-state index contributed by atoms with van der Waals surface area (Å²) in [5.74, 6) is -0.236. The fraction of sp³-hybridized carbons (Fsp3) is 0.667. The highest BCUT2D eigenvalue weighted by Crippen LogP contribution is 1.90. The first kappa shape index (κ1) is 10.5. The largest absolute Gasteiger partial charge is 0.399 e. The molecule has 0 amide bonds. The maximum atomic E-state index is 11.0. The van der Waals surface area contributed by atoms with Gasteiger partial charge in [0.2, 0.25) is 0 Å². The first-order valence-corrected chi connectivity index (χ1v) is 3.28. The lowest BCUT2D eigenvalue weighted by Gasteiger charge is -1.96. The van der Waals surface area contributed by atoms with Crippen LogP contribution in [-0.2, 0) is 14.5 Å². The molecule has 0 aromatic carbocycles. The van der Waals surface area contributed by atoms with E-state index in [0.29, 0.717) is 0 Å². The van der Waals surface area contributed by atoms with E-state index < -0.39 is 0 Å². The second-order valence-corrected chi connectivity index (χ2v) is 1.94. The number of carbonyl (C=O) groups is 1. The van der Waals surface area contributed by atoms with E-state index in [1.165, 1.54) is 14.0 Å². The number of rotatable bonds is 6. The Balaban J connectivity index is 3.71. The topological polar surface area (TPSA) is 77.3 Å². The van der Waals surface area contributed by atoms with Crippen LogP contribution < -0.4 is 0 Å². The van der Waals surface area contributed by atoms with Crippen LogP contribution >= 0.6 is 0 Å². The minimum absolute atomic E-state index is 0.0289. The maximum absolute atomic E-state index is 11.0. The summed E-state index contributed by atoms with van der Waals surface area (Å²) in [6, 6.07) is 0. The van der Waals surface area contributed by atoms with Crippen molar-refractivity contribution in [1.29, 1.82) is 0 Å². The molecule has 0 bridgehead atoms. The van der Waals surface area contributed by atoms with E-state index in [1.54, 1.807) is 0 Å². The van der Waals surface area contributed by atoms with Crippen LogP contribution in [0.4, 0.5) is 0 Å². The fourth-order valence-electron chi connectivity index (χ4n) is 0.544. The van der Waals surface area contributed by atoms with Gasteiger partial charge in [-0.3, -0.25) is 4.79 Å². The molecule has 0 unspecified atom stereocenters. The van der Waals surface area contributed by atoms with Gasteiger partial charge in [-0.15, -0.1) is 4.91 Å². The van der Waals surface area contributed by atoms with E-state index in [9.17, 15) is 9.70 Å². The summed E-state index contributed by atoms with van der Waals surface area (Å²) >= 11 is 0. The van der Waals surface area contributed by atoms with E-state index in [1.807, 2.05) is 0 Å². The van der Waals surface area contributed by atoms with Crippen LogP contribution in [0.1, 0.15) is 13.3 Å². The van der Waals surface area contributed by atoms with Gasteiger partial charge in [-0.2, -0.15) is 0 Å². The molecule has 0 saturated heterocycles. The summed E-state index contributed by atoms with van der Waals surface area (Å²) in [6.07, 6.45) is 0.0738. The molecule has 0 aromatic heterocycles. The van der Waals surface area contributed by atoms with Gasteiger partial charge in [0, 0.05) is 6.42 Å². The van der Waals surface area contributed by atoms with E-state index in [-0.39, 0.29) is 24.5 Å². The molecule has 0 aliphatic heterocycles. The molecule has 0 fully saturated rings. The Kier molecular flexibility index (Phi) is 5.50. The van der Waals surface area contributed by atoms with Crippen LogP contribution in [0.3, 0.4) is 0 Å². The summed E-state index contributed by atoms with van der Waals surface area (Å²) in [5.41, 5.74) is 0.243. The van der Waals surface area contributed by atoms with E-state index in [0.717, 1.165) is 0 Å². The Hall–Kier alpha value is -1.46. The lowest BCUT2D eigenvalue weighted by atomic mass is 10.2. The Morgan fingerprint density at radius 2 is 2.17 bits per heavy atom. The molecular formula is C6H10N2O4. The SMILES string of the molecule is CON=C(C)C(=O)CCON=O. The average Bonchev–Trinajstić information content (AvgIpc) is 2.05. The summed E-state index contributed by atoms with van der Waals surface area (Å²) in [5, 5.41) is 5.55. The summed E-state index contributed by atoms with van der Waals surface area (Å²) in [4.78, 5) is 28.9. The molecule has 0 aliphatic carbocycles. The molecule has 68 valence electrons. The Morgan fingerprint density at radius 1 is 1.50 bits per heavy atom. The Morgan fingerprint density at radius 3 is 2.67 bits per heavy atom. The van der Waals surface area contributed by atoms with E-state index in [2.05, 4.69) is 20.2 Å². The van der Waals surface area contributed by atoms with Gasteiger partial charge in [0.25, 0.3) is 0 Å². The molecule has 0 heterocycles. The number of carbonyl (C=O) groups excluding carboxylic acids is 1. The lowest BCUT2D eigenvalue weighted by Crippen LogP contribution is -2.12. The number of Topliss-reactive ketones (excluding diaryl/α,β-unsaturated/α-hetero) is 1. The van der Waals surface area contributed by atoms with Crippen molar-refractivity contribution in [2.75, 3.05) is 13.7 Å². The predicted molar refractivity (Wildman–Crippen MR) is 41.5 cm³/mol. The van der Waals surface area contributed by atoms with Gasteiger partial charge < -0.3 is 9.68 Å². The summed E-state index contributed by atoms with van der Waals surface area (Å²) in [6.45, 7) is 1.49. The third-order valence-corrected chi connectivity index (χ3v) is 1.10. The number of oxime groups is 1. The maximum Gasteiger partial charge on any atom is 0.183 e. The molecule has 6 heteroatoms. The molecule has 0 N–H and O–H groups in total. The number of nitrogens with zero attached hydrogens (tertiary/aromatic N) is 2. The summed E-state index contributed by atoms with van der Waals surface area (Å²) < 4.78 is 0. The van der Waals surface area contributed by atoms with Gasteiger partial charge in [-0.25, -0.2) is 0 Å². The second kappa shape index (κ2) is 6.26. The molecule has 12 heavy (non-hydrogen) atoms. The third kappa shape index (κ3) is 4.37. The minimum atomic E-state index is -0.236. The Labute approximate surface area is 69.5 Å². The zero-order valence-corrected chi connectivity index (χ0v) is 6.94. The standard InChI is InChI=1S/C6H10N2O4/c1-5(7-11-2)6(9)3-4-12-8-10/h3-4H2,1-2H3. The second-order valence-electron chi connectivity index (χ2n) is 1.94. The van der Waals surface area contributed by atoms with Crippen LogP contribution in [0.5, 0.6) is 0 Å². The van der Waals surface area contributed by atoms with Crippen LogP contribution in [0.2, 0.25) is 0 Å². The molecule has 6 nitrogen and oxygen atoms in total. The van der Waals surface area contributed by atoms with Crippen LogP contribution in [0, 0.1) is 4.91 Å².